The molecular formula is C19H22Cl2N4O4. The predicted octanol–water partition coefficient (Wildman–Crippen LogP) is 4.33. The zero-order valence-corrected chi connectivity index (χ0v) is 17.9. The van der Waals surface area contributed by atoms with Gasteiger partial charge in [0.1, 0.15) is 17.4 Å². The van der Waals surface area contributed by atoms with Crippen molar-refractivity contribution in [3.8, 4) is 11.6 Å². The minimum Gasteiger partial charge on any atom is -0.494 e. The van der Waals surface area contributed by atoms with Crippen molar-refractivity contribution in [3.63, 3.8) is 0 Å². The summed E-state index contributed by atoms with van der Waals surface area (Å²) in [6, 6.07) is 5.97. The van der Waals surface area contributed by atoms with E-state index in [-0.39, 0.29) is 23.4 Å². The molecule has 0 saturated heterocycles. The molecule has 0 radical (unpaired) electrons. The number of benzene rings is 1. The second kappa shape index (κ2) is 9.67. The third-order valence-electron chi connectivity index (χ3n) is 3.57. The third kappa shape index (κ3) is 6.99. The molecule has 2 rings (SSSR count). The molecule has 0 spiro atoms. The average Bonchev–Trinajstić information content (AvgIpc) is 2.61. The van der Waals surface area contributed by atoms with Crippen LogP contribution in [0.25, 0.3) is 0 Å². The van der Waals surface area contributed by atoms with E-state index in [4.69, 9.17) is 32.7 Å². The number of methoxy groups -OCH3 is 1. The van der Waals surface area contributed by atoms with Crippen LogP contribution in [0.2, 0.25) is 10.0 Å². The van der Waals surface area contributed by atoms with Crippen molar-refractivity contribution in [1.29, 1.82) is 0 Å². The van der Waals surface area contributed by atoms with Gasteiger partial charge >= 0.3 is 6.03 Å². The van der Waals surface area contributed by atoms with Crippen LogP contribution in [0.5, 0.6) is 11.6 Å². The van der Waals surface area contributed by atoms with Crippen LogP contribution < -0.4 is 25.4 Å². The van der Waals surface area contributed by atoms with Gasteiger partial charge in [0.25, 0.3) is 0 Å². The van der Waals surface area contributed by atoms with Crippen LogP contribution in [-0.2, 0) is 4.79 Å². The zero-order chi connectivity index (χ0) is 21.6. The van der Waals surface area contributed by atoms with Crippen LogP contribution in [-0.4, -0.2) is 36.2 Å². The maximum Gasteiger partial charge on any atom is 0.319 e. The summed E-state index contributed by atoms with van der Waals surface area (Å²) < 4.78 is 10.8. The van der Waals surface area contributed by atoms with Gasteiger partial charge in [-0.05, 0) is 32.0 Å². The first-order valence-electron chi connectivity index (χ1n) is 8.58. The summed E-state index contributed by atoms with van der Waals surface area (Å²) in [5, 5.41) is 8.85. The number of aromatic nitrogens is 1. The summed E-state index contributed by atoms with van der Waals surface area (Å²) in [4.78, 5) is 27.6. The number of urea groups is 1. The number of nitrogens with zero attached hydrogens (tertiary/aromatic N) is 1. The number of amides is 3. The topological polar surface area (TPSA) is 102 Å². The number of hydrogen-bond acceptors (Lipinski definition) is 5. The number of hydrogen-bond donors (Lipinski definition) is 3. The zero-order valence-electron chi connectivity index (χ0n) is 16.4. The molecule has 0 saturated carbocycles. The Morgan fingerprint density at radius 3 is 2.52 bits per heavy atom. The molecule has 3 amide bonds. The molecule has 2 aromatic rings. The summed E-state index contributed by atoms with van der Waals surface area (Å²) in [5.74, 6) is 0.424. The third-order valence-corrected chi connectivity index (χ3v) is 4.04. The van der Waals surface area contributed by atoms with Crippen molar-refractivity contribution in [2.75, 3.05) is 24.4 Å². The summed E-state index contributed by atoms with van der Waals surface area (Å²) >= 11 is 11.8. The van der Waals surface area contributed by atoms with Crippen molar-refractivity contribution in [2.24, 2.45) is 0 Å². The molecule has 8 nitrogen and oxygen atoms in total. The minimum absolute atomic E-state index is 0.125. The Balaban J connectivity index is 1.97. The number of anilines is 2. The summed E-state index contributed by atoms with van der Waals surface area (Å²) in [6.45, 7) is 5.10. The molecule has 0 unspecified atom stereocenters. The number of rotatable bonds is 7. The molecular weight excluding hydrogens is 419 g/mol. The average molecular weight is 441 g/mol. The number of ether oxygens (including phenoxy) is 2. The minimum atomic E-state index is -0.727. The largest absolute Gasteiger partial charge is 0.494 e. The first kappa shape index (κ1) is 22.6. The first-order valence-corrected chi connectivity index (χ1v) is 9.34. The van der Waals surface area contributed by atoms with Crippen molar-refractivity contribution in [2.45, 2.75) is 26.3 Å². The van der Waals surface area contributed by atoms with Gasteiger partial charge in [-0.1, -0.05) is 23.2 Å². The highest BCUT2D eigenvalue weighted by atomic mass is 35.5. The Morgan fingerprint density at radius 1 is 1.17 bits per heavy atom. The lowest BCUT2D eigenvalue weighted by molar-refractivity contribution is -0.114. The lowest BCUT2D eigenvalue weighted by atomic mass is 10.1. The fourth-order valence-corrected chi connectivity index (χ4v) is 2.76. The lowest BCUT2D eigenvalue weighted by Gasteiger charge is -2.26. The second-order valence-electron chi connectivity index (χ2n) is 6.79. The normalized spacial score (nSPS) is 10.8. The Kier molecular flexibility index (Phi) is 7.53. The van der Waals surface area contributed by atoms with Gasteiger partial charge in [0, 0.05) is 24.9 Å². The highest BCUT2D eigenvalue weighted by molar-refractivity contribution is 6.35. The van der Waals surface area contributed by atoms with Crippen LogP contribution in [0.15, 0.2) is 30.5 Å². The van der Waals surface area contributed by atoms with Gasteiger partial charge < -0.3 is 25.4 Å². The van der Waals surface area contributed by atoms with Gasteiger partial charge in [-0.3, -0.25) is 4.79 Å². The molecule has 0 fully saturated rings. The molecule has 1 aromatic heterocycles. The molecule has 156 valence electrons. The van der Waals surface area contributed by atoms with Crippen LogP contribution in [0, 0.1) is 0 Å². The van der Waals surface area contributed by atoms with Crippen LogP contribution in [0.1, 0.15) is 20.8 Å². The fourth-order valence-electron chi connectivity index (χ4n) is 2.32. The van der Waals surface area contributed by atoms with Gasteiger partial charge in [-0.15, -0.1) is 0 Å². The molecule has 1 heterocycles. The quantitative estimate of drug-likeness (QED) is 0.594. The number of pyridine rings is 1. The maximum absolute atomic E-state index is 12.4. The number of carbonyl (C=O) groups excluding carboxylic acids is 2. The highest BCUT2D eigenvalue weighted by Gasteiger charge is 2.23. The molecule has 10 heteroatoms. The highest BCUT2D eigenvalue weighted by Crippen LogP contribution is 2.28. The van der Waals surface area contributed by atoms with E-state index in [2.05, 4.69) is 20.9 Å². The monoisotopic (exact) mass is 440 g/mol. The van der Waals surface area contributed by atoms with E-state index in [1.54, 1.807) is 32.0 Å². The van der Waals surface area contributed by atoms with Crippen molar-refractivity contribution < 1.29 is 19.1 Å². The van der Waals surface area contributed by atoms with E-state index < -0.39 is 11.6 Å². The van der Waals surface area contributed by atoms with Gasteiger partial charge in [-0.2, -0.15) is 0 Å². The standard InChI is InChI=1S/C19H22Cl2N4O4/c1-11(26)23-15-6-5-13(8-16(15)28-4)24-18(27)25-19(2,3)10-29-17-14(21)7-12(20)9-22-17/h5-9H,10H2,1-4H3,(H,23,26)(H2,24,25,27). The maximum atomic E-state index is 12.4. The van der Waals surface area contributed by atoms with E-state index in [0.29, 0.717) is 22.1 Å². The molecule has 0 aliphatic heterocycles. The Morgan fingerprint density at radius 2 is 1.90 bits per heavy atom. The molecule has 1 aromatic carbocycles. The van der Waals surface area contributed by atoms with Gasteiger partial charge in [0.2, 0.25) is 11.8 Å². The van der Waals surface area contributed by atoms with Crippen LogP contribution in [0.4, 0.5) is 16.2 Å². The lowest BCUT2D eigenvalue weighted by Crippen LogP contribution is -2.49. The van der Waals surface area contributed by atoms with Crippen molar-refractivity contribution >= 4 is 46.5 Å². The van der Waals surface area contributed by atoms with E-state index in [9.17, 15) is 9.59 Å². The van der Waals surface area contributed by atoms with Crippen LogP contribution >= 0.6 is 23.2 Å². The van der Waals surface area contributed by atoms with Gasteiger partial charge in [0.05, 0.1) is 23.4 Å². The van der Waals surface area contributed by atoms with E-state index in [0.717, 1.165) is 0 Å². The van der Waals surface area contributed by atoms with Crippen LogP contribution in [0.3, 0.4) is 0 Å². The summed E-state index contributed by atoms with van der Waals surface area (Å²) in [6.07, 6.45) is 1.42. The molecule has 0 atom stereocenters. The number of carbonyl (C=O) groups is 2. The molecule has 0 bridgehead atoms. The smallest absolute Gasteiger partial charge is 0.319 e. The number of halogens is 2. The molecule has 29 heavy (non-hydrogen) atoms. The number of nitrogens with one attached hydrogen (secondary N) is 3. The molecule has 0 aliphatic rings. The van der Waals surface area contributed by atoms with E-state index in [1.165, 1.54) is 26.3 Å². The first-order chi connectivity index (χ1) is 13.6. The predicted molar refractivity (Wildman–Crippen MR) is 113 cm³/mol. The summed E-state index contributed by atoms with van der Waals surface area (Å²) in [5.41, 5.74) is 0.272. The molecule has 0 aliphatic carbocycles. The Labute approximate surface area is 178 Å². The van der Waals surface area contributed by atoms with Gasteiger partial charge in [0.15, 0.2) is 0 Å². The SMILES string of the molecule is COc1cc(NC(=O)NC(C)(C)COc2ncc(Cl)cc2Cl)ccc1NC(C)=O. The summed E-state index contributed by atoms with van der Waals surface area (Å²) in [7, 11) is 1.47. The van der Waals surface area contributed by atoms with Crippen molar-refractivity contribution in [3.05, 3.63) is 40.5 Å². The van der Waals surface area contributed by atoms with Gasteiger partial charge in [-0.25, -0.2) is 9.78 Å². The Hall–Kier alpha value is -2.71. The fraction of sp³-hybridized carbons (Fsp3) is 0.316. The van der Waals surface area contributed by atoms with E-state index in [1.807, 2.05) is 0 Å². The Bertz CT molecular complexity index is 906. The van der Waals surface area contributed by atoms with Crippen molar-refractivity contribution in [1.82, 2.24) is 10.3 Å². The second-order valence-corrected chi connectivity index (χ2v) is 7.63. The van der Waals surface area contributed by atoms with E-state index >= 15 is 0 Å². The molecule has 3 N–H and O–H groups in total.